The molecule has 1 amide bonds. The molecule has 0 aliphatic rings. The van der Waals surface area contributed by atoms with Gasteiger partial charge in [-0.15, -0.1) is 12.4 Å². The Kier molecular flexibility index (Phi) is 7.95. The van der Waals surface area contributed by atoms with Gasteiger partial charge in [0.2, 0.25) is 5.91 Å². The van der Waals surface area contributed by atoms with Gasteiger partial charge in [0.25, 0.3) is 0 Å². The third-order valence-electron chi connectivity index (χ3n) is 2.36. The lowest BCUT2D eigenvalue weighted by Crippen LogP contribution is -2.42. The van der Waals surface area contributed by atoms with Gasteiger partial charge in [0, 0.05) is 6.07 Å². The van der Waals surface area contributed by atoms with Crippen LogP contribution in [0, 0.1) is 0 Å². The highest BCUT2D eigenvalue weighted by Crippen LogP contribution is 2.19. The first-order chi connectivity index (χ1) is 8.52. The Hall–Kier alpha value is -1.46. The minimum atomic E-state index is -0.506. The molecule has 0 saturated carbocycles. The van der Waals surface area contributed by atoms with Crippen molar-refractivity contribution in [3.63, 3.8) is 0 Å². The Morgan fingerprint density at radius 3 is 2.58 bits per heavy atom. The van der Waals surface area contributed by atoms with Crippen LogP contribution in [0.4, 0.5) is 0 Å². The van der Waals surface area contributed by atoms with E-state index in [0.717, 1.165) is 5.75 Å². The zero-order chi connectivity index (χ0) is 13.5. The van der Waals surface area contributed by atoms with E-state index in [2.05, 4.69) is 5.32 Å². The molecule has 1 unspecified atom stereocenters. The second-order valence-corrected chi connectivity index (χ2v) is 4.14. The van der Waals surface area contributed by atoms with Gasteiger partial charge in [-0.2, -0.15) is 0 Å². The van der Waals surface area contributed by atoms with Crippen LogP contribution >= 0.6 is 12.4 Å². The highest BCUT2D eigenvalue weighted by molar-refractivity contribution is 5.85. The molecule has 1 rings (SSSR count). The average Bonchev–Trinajstić information content (AvgIpc) is 2.36. The lowest BCUT2D eigenvalue weighted by atomic mass is 10.3. The van der Waals surface area contributed by atoms with Crippen molar-refractivity contribution in [1.29, 1.82) is 0 Å². The highest BCUT2D eigenvalue weighted by atomic mass is 35.5. The zero-order valence-corrected chi connectivity index (χ0v) is 12.2. The highest BCUT2D eigenvalue weighted by Gasteiger charge is 2.10. The van der Waals surface area contributed by atoms with Gasteiger partial charge in [-0.1, -0.05) is 6.07 Å². The van der Waals surface area contributed by atoms with E-state index in [1.807, 2.05) is 25.1 Å². The number of carbonyl (C=O) groups is 1. The second-order valence-electron chi connectivity index (χ2n) is 4.14. The van der Waals surface area contributed by atoms with Crippen LogP contribution in [0.15, 0.2) is 24.3 Å². The van der Waals surface area contributed by atoms with Crippen molar-refractivity contribution < 1.29 is 14.3 Å². The van der Waals surface area contributed by atoms with Crippen molar-refractivity contribution >= 4 is 18.3 Å². The number of benzene rings is 1. The van der Waals surface area contributed by atoms with Gasteiger partial charge in [-0.05, 0) is 26.0 Å². The topological polar surface area (TPSA) is 73.6 Å². The Balaban J connectivity index is 0.00000324. The number of hydrogen-bond acceptors (Lipinski definition) is 4. The molecule has 0 bridgehead atoms. The molecular formula is C13H21ClN2O3. The maximum absolute atomic E-state index is 11.3. The largest absolute Gasteiger partial charge is 0.497 e. The molecule has 2 atom stereocenters. The quantitative estimate of drug-likeness (QED) is 0.829. The number of rotatable bonds is 6. The van der Waals surface area contributed by atoms with E-state index >= 15 is 0 Å². The Bertz CT molecular complexity index is 399. The van der Waals surface area contributed by atoms with Crippen molar-refractivity contribution in [2.75, 3.05) is 13.7 Å². The molecule has 0 spiro atoms. The molecule has 1 aromatic carbocycles. The van der Waals surface area contributed by atoms with E-state index in [1.165, 1.54) is 0 Å². The van der Waals surface area contributed by atoms with Gasteiger partial charge in [0.15, 0.2) is 0 Å². The molecule has 0 aromatic heterocycles. The van der Waals surface area contributed by atoms with Crippen molar-refractivity contribution in [3.8, 4) is 11.5 Å². The van der Waals surface area contributed by atoms with Crippen LogP contribution in [0.1, 0.15) is 13.8 Å². The summed E-state index contributed by atoms with van der Waals surface area (Å²) in [6.45, 7) is 3.93. The van der Waals surface area contributed by atoms with Gasteiger partial charge < -0.3 is 20.5 Å². The Morgan fingerprint density at radius 1 is 1.37 bits per heavy atom. The van der Waals surface area contributed by atoms with E-state index in [4.69, 9.17) is 15.2 Å². The van der Waals surface area contributed by atoms with Crippen LogP contribution in [0.25, 0.3) is 0 Å². The lowest BCUT2D eigenvalue weighted by Gasteiger charge is -2.16. The smallest absolute Gasteiger partial charge is 0.236 e. The van der Waals surface area contributed by atoms with Crippen LogP contribution in [0.3, 0.4) is 0 Å². The molecule has 19 heavy (non-hydrogen) atoms. The molecule has 0 radical (unpaired) electrons. The van der Waals surface area contributed by atoms with Crippen LogP contribution in [0.2, 0.25) is 0 Å². The third kappa shape index (κ3) is 6.31. The van der Waals surface area contributed by atoms with Crippen LogP contribution < -0.4 is 20.5 Å². The molecule has 1 aromatic rings. The first kappa shape index (κ1) is 17.5. The summed E-state index contributed by atoms with van der Waals surface area (Å²) in [4.78, 5) is 11.3. The van der Waals surface area contributed by atoms with E-state index in [-0.39, 0.29) is 24.4 Å². The molecule has 0 fully saturated rings. The van der Waals surface area contributed by atoms with E-state index in [1.54, 1.807) is 20.1 Å². The maximum Gasteiger partial charge on any atom is 0.236 e. The molecule has 5 nitrogen and oxygen atoms in total. The summed E-state index contributed by atoms with van der Waals surface area (Å²) in [5, 5.41) is 2.71. The van der Waals surface area contributed by atoms with Crippen molar-refractivity contribution in [1.82, 2.24) is 5.32 Å². The number of halogens is 1. The van der Waals surface area contributed by atoms with Gasteiger partial charge >= 0.3 is 0 Å². The predicted molar refractivity (Wildman–Crippen MR) is 77.0 cm³/mol. The molecule has 0 heterocycles. The molecule has 0 aliphatic carbocycles. The molecular weight excluding hydrogens is 268 g/mol. The van der Waals surface area contributed by atoms with Crippen LogP contribution in [0.5, 0.6) is 11.5 Å². The number of nitrogens with one attached hydrogen (secondary N) is 1. The SMILES string of the molecule is COc1cccc(OC(C)CNC(=O)[C@H](C)N)c1.Cl. The fourth-order valence-corrected chi connectivity index (χ4v) is 1.35. The molecule has 0 aliphatic heterocycles. The van der Waals surface area contributed by atoms with Crippen molar-refractivity contribution in [3.05, 3.63) is 24.3 Å². The van der Waals surface area contributed by atoms with Gasteiger partial charge in [0.1, 0.15) is 17.6 Å². The summed E-state index contributed by atoms with van der Waals surface area (Å²) in [5.74, 6) is 1.26. The summed E-state index contributed by atoms with van der Waals surface area (Å²) < 4.78 is 10.8. The summed E-state index contributed by atoms with van der Waals surface area (Å²) in [6.07, 6.45) is -0.139. The molecule has 0 saturated heterocycles. The predicted octanol–water partition coefficient (Wildman–Crippen LogP) is 1.35. The normalized spacial score (nSPS) is 12.8. The number of hydrogen-bond donors (Lipinski definition) is 2. The van der Waals surface area contributed by atoms with Gasteiger partial charge in [-0.3, -0.25) is 4.79 Å². The molecule has 6 heteroatoms. The van der Waals surface area contributed by atoms with Crippen molar-refractivity contribution in [2.24, 2.45) is 5.73 Å². The minimum Gasteiger partial charge on any atom is -0.497 e. The van der Waals surface area contributed by atoms with E-state index < -0.39 is 6.04 Å². The first-order valence-corrected chi connectivity index (χ1v) is 5.87. The van der Waals surface area contributed by atoms with E-state index in [9.17, 15) is 4.79 Å². The number of carbonyl (C=O) groups excluding carboxylic acids is 1. The van der Waals surface area contributed by atoms with Crippen LogP contribution in [-0.2, 0) is 4.79 Å². The summed E-state index contributed by atoms with van der Waals surface area (Å²) >= 11 is 0. The maximum atomic E-state index is 11.3. The summed E-state index contributed by atoms with van der Waals surface area (Å²) in [6, 6.07) is 6.82. The van der Waals surface area contributed by atoms with E-state index in [0.29, 0.717) is 12.3 Å². The Morgan fingerprint density at radius 2 is 2.00 bits per heavy atom. The number of ether oxygens (including phenoxy) is 2. The third-order valence-corrected chi connectivity index (χ3v) is 2.36. The fraction of sp³-hybridized carbons (Fsp3) is 0.462. The molecule has 108 valence electrons. The van der Waals surface area contributed by atoms with Gasteiger partial charge in [0.05, 0.1) is 19.7 Å². The lowest BCUT2D eigenvalue weighted by molar-refractivity contribution is -0.122. The van der Waals surface area contributed by atoms with Crippen molar-refractivity contribution in [2.45, 2.75) is 26.0 Å². The Labute approximate surface area is 119 Å². The summed E-state index contributed by atoms with van der Waals surface area (Å²) in [5.41, 5.74) is 5.44. The second kappa shape index (κ2) is 8.61. The van der Waals surface area contributed by atoms with Crippen LogP contribution in [-0.4, -0.2) is 31.7 Å². The minimum absolute atomic E-state index is 0. The molecule has 3 N–H and O–H groups in total. The average molecular weight is 289 g/mol. The number of nitrogens with two attached hydrogens (primary N) is 1. The zero-order valence-electron chi connectivity index (χ0n) is 11.4. The monoisotopic (exact) mass is 288 g/mol. The summed E-state index contributed by atoms with van der Waals surface area (Å²) in [7, 11) is 1.60. The number of amides is 1. The fourth-order valence-electron chi connectivity index (χ4n) is 1.35. The number of methoxy groups -OCH3 is 1. The standard InChI is InChI=1S/C13H20N2O3.ClH/c1-9(8-15-13(16)10(2)14)18-12-6-4-5-11(7-12)17-3;/h4-7,9-10H,8,14H2,1-3H3,(H,15,16);1H/t9?,10-;/m0./s1. The van der Waals surface area contributed by atoms with Gasteiger partial charge in [-0.25, -0.2) is 0 Å². The first-order valence-electron chi connectivity index (χ1n) is 5.87.